The molecule has 0 unspecified atom stereocenters. The van der Waals surface area contributed by atoms with E-state index in [1.54, 1.807) is 0 Å². The Kier molecular flexibility index (Phi) is 7.16. The first-order valence-electron chi connectivity index (χ1n) is 11.4. The molecule has 0 saturated heterocycles. The van der Waals surface area contributed by atoms with Crippen molar-refractivity contribution in [2.45, 2.75) is 13.1 Å². The summed E-state index contributed by atoms with van der Waals surface area (Å²) in [5.74, 6) is 1.24. The predicted molar refractivity (Wildman–Crippen MR) is 134 cm³/mol. The van der Waals surface area contributed by atoms with E-state index in [0.717, 1.165) is 22.5 Å². The van der Waals surface area contributed by atoms with Gasteiger partial charge in [-0.05, 0) is 36.4 Å². The van der Waals surface area contributed by atoms with Crippen LogP contribution in [0.5, 0.6) is 11.5 Å². The van der Waals surface area contributed by atoms with E-state index in [4.69, 9.17) is 19.4 Å². The number of aromatic nitrogens is 4. The number of hydrogen-bond acceptors (Lipinski definition) is 4. The van der Waals surface area contributed by atoms with Gasteiger partial charge < -0.3 is 19.4 Å². The van der Waals surface area contributed by atoms with E-state index < -0.39 is 0 Å². The van der Waals surface area contributed by atoms with Crippen LogP contribution in [0.1, 0.15) is 11.1 Å². The van der Waals surface area contributed by atoms with E-state index in [1.165, 1.54) is 0 Å². The molecule has 176 valence electrons. The minimum absolute atomic E-state index is 0.614. The first-order valence-corrected chi connectivity index (χ1v) is 11.4. The normalized spacial score (nSPS) is 10.7. The smallest absolute Gasteiger partial charge is 0.537 e. The molecular weight excluding hydrogens is 454 g/mol. The highest BCUT2D eigenvalue weighted by Gasteiger charge is 2.13. The molecular formula is C26H24B2N4O4+2. The van der Waals surface area contributed by atoms with Crippen molar-refractivity contribution in [3.05, 3.63) is 121 Å². The van der Waals surface area contributed by atoms with Gasteiger partial charge in [0, 0.05) is 11.1 Å². The van der Waals surface area contributed by atoms with Crippen molar-refractivity contribution >= 4 is 15.4 Å². The van der Waals surface area contributed by atoms with Crippen molar-refractivity contribution in [1.82, 2.24) is 9.13 Å². The van der Waals surface area contributed by atoms with Gasteiger partial charge in [0.25, 0.3) is 0 Å². The summed E-state index contributed by atoms with van der Waals surface area (Å²) in [6.07, 6.45) is 12.0. The molecule has 0 aliphatic carbocycles. The molecule has 3 aromatic carbocycles. The summed E-state index contributed by atoms with van der Waals surface area (Å²) in [5.41, 5.74) is 4.00. The molecule has 2 N–H and O–H groups in total. The van der Waals surface area contributed by atoms with Crippen molar-refractivity contribution in [3.63, 3.8) is 0 Å². The number of nitrogens with zero attached hydrogens (tertiary/aromatic N) is 4. The van der Waals surface area contributed by atoms with Gasteiger partial charge in [0.05, 0.1) is 0 Å². The molecule has 2 heterocycles. The van der Waals surface area contributed by atoms with Crippen LogP contribution in [0.25, 0.3) is 11.4 Å². The van der Waals surface area contributed by atoms with Gasteiger partial charge in [0.1, 0.15) is 60.8 Å². The molecule has 8 nitrogen and oxygen atoms in total. The minimum atomic E-state index is 0.614. The Labute approximate surface area is 210 Å². The number of imidazole rings is 2. The highest BCUT2D eigenvalue weighted by atomic mass is 16.5. The van der Waals surface area contributed by atoms with Crippen molar-refractivity contribution in [2.24, 2.45) is 0 Å². The first-order chi connectivity index (χ1) is 17.7. The van der Waals surface area contributed by atoms with Gasteiger partial charge in [-0.25, -0.2) is 18.3 Å². The van der Waals surface area contributed by atoms with Gasteiger partial charge >= 0.3 is 15.4 Å². The Hall–Kier alpha value is -4.27. The highest BCUT2D eigenvalue weighted by Crippen LogP contribution is 2.18. The number of rotatable bonds is 10. The Morgan fingerprint density at radius 3 is 1.44 bits per heavy atom. The second-order valence-electron chi connectivity index (χ2n) is 8.16. The van der Waals surface area contributed by atoms with Gasteiger partial charge in [0.2, 0.25) is 12.7 Å². The molecule has 0 atom stereocenters. The zero-order valence-electron chi connectivity index (χ0n) is 19.5. The molecule has 10 heteroatoms. The van der Waals surface area contributed by atoms with Crippen molar-refractivity contribution in [2.75, 3.05) is 0 Å². The fourth-order valence-corrected chi connectivity index (χ4v) is 4.08. The molecule has 5 aromatic rings. The maximum atomic E-state index is 8.99. The monoisotopic (exact) mass is 478 g/mol. The number of benzene rings is 3. The Morgan fingerprint density at radius 2 is 1.03 bits per heavy atom. The van der Waals surface area contributed by atoms with Crippen molar-refractivity contribution in [1.29, 1.82) is 0 Å². The zero-order valence-corrected chi connectivity index (χ0v) is 19.5. The first kappa shape index (κ1) is 23.5. The molecule has 36 heavy (non-hydrogen) atoms. The molecule has 0 fully saturated rings. The average molecular weight is 478 g/mol. The fourth-order valence-electron chi connectivity index (χ4n) is 4.08. The third kappa shape index (κ3) is 5.35. The van der Waals surface area contributed by atoms with Gasteiger partial charge in [0.15, 0.2) is 0 Å². The van der Waals surface area contributed by atoms with Gasteiger partial charge in [-0.2, -0.15) is 0 Å². The van der Waals surface area contributed by atoms with E-state index in [0.29, 0.717) is 40.0 Å². The average Bonchev–Trinajstić information content (AvgIpc) is 3.57. The molecule has 0 saturated carbocycles. The van der Waals surface area contributed by atoms with Crippen LogP contribution in [0.3, 0.4) is 0 Å². The molecule has 0 bridgehead atoms. The van der Waals surface area contributed by atoms with E-state index in [2.05, 4.69) is 42.5 Å². The third-order valence-electron chi connectivity index (χ3n) is 5.84. The van der Waals surface area contributed by atoms with E-state index in [1.807, 2.05) is 86.0 Å². The topological polar surface area (TPSA) is 76.5 Å². The molecule has 2 aromatic heterocycles. The largest absolute Gasteiger partial charge is 0.569 e. The van der Waals surface area contributed by atoms with Crippen molar-refractivity contribution in [3.8, 4) is 22.9 Å². The lowest BCUT2D eigenvalue weighted by molar-refractivity contribution is -0.687. The summed E-state index contributed by atoms with van der Waals surface area (Å²) in [7, 11) is 1.40. The van der Waals surface area contributed by atoms with Gasteiger partial charge in [-0.15, -0.1) is 0 Å². The third-order valence-corrected chi connectivity index (χ3v) is 5.84. The van der Waals surface area contributed by atoms with Gasteiger partial charge in [-0.3, -0.25) is 0 Å². The summed E-state index contributed by atoms with van der Waals surface area (Å²) in [4.78, 5) is 0. The molecule has 0 amide bonds. The second-order valence-corrected chi connectivity index (χ2v) is 8.16. The zero-order chi connectivity index (χ0) is 24.7. The quantitative estimate of drug-likeness (QED) is 0.237. The Bertz CT molecular complexity index is 1330. The standard InChI is InChI=1S/C26H24B2N4O4/c33-27-35-25-7-3-1-5-21(25)17-29-13-15-31(19-29)23-9-11-24(12-10-23)32-16-14-30(20-32)18-22-6-2-4-8-26(22)36-28-34/h1-16,19-20,33-34H,17-18H2/q+2. The highest BCUT2D eigenvalue weighted by molar-refractivity contribution is 6.17. The van der Waals surface area contributed by atoms with E-state index in [9.17, 15) is 0 Å². The van der Waals surface area contributed by atoms with E-state index in [-0.39, 0.29) is 0 Å². The van der Waals surface area contributed by atoms with Crippen LogP contribution in [0.2, 0.25) is 0 Å². The van der Waals surface area contributed by atoms with Crippen LogP contribution in [0.15, 0.2) is 110 Å². The molecule has 0 spiro atoms. The van der Waals surface area contributed by atoms with Gasteiger partial charge in [-0.1, -0.05) is 36.4 Å². The lowest BCUT2D eigenvalue weighted by Gasteiger charge is -2.07. The lowest BCUT2D eigenvalue weighted by Crippen LogP contribution is -2.31. The van der Waals surface area contributed by atoms with E-state index >= 15 is 0 Å². The summed E-state index contributed by atoms with van der Waals surface area (Å²) in [6, 6.07) is 23.5. The summed E-state index contributed by atoms with van der Waals surface area (Å²) < 4.78 is 18.6. The molecule has 2 radical (unpaired) electrons. The van der Waals surface area contributed by atoms with Crippen LogP contribution in [0, 0.1) is 0 Å². The fraction of sp³-hybridized carbons (Fsp3) is 0.0769. The van der Waals surface area contributed by atoms with Crippen LogP contribution in [-0.4, -0.2) is 34.6 Å². The molecule has 0 aliphatic rings. The maximum absolute atomic E-state index is 8.99. The predicted octanol–water partition coefficient (Wildman–Crippen LogP) is 1.75. The minimum Gasteiger partial charge on any atom is -0.537 e. The SMILES string of the molecule is O[B]Oc1ccccc1C[n+]1ccn(-c2ccc(-n3cc[n+](Cc4ccccc4O[B]O)c3)cc2)c1. The Balaban J connectivity index is 1.28. The summed E-state index contributed by atoms with van der Waals surface area (Å²) in [6.45, 7) is 1.23. The second kappa shape index (κ2) is 11.0. The van der Waals surface area contributed by atoms with Crippen LogP contribution in [-0.2, 0) is 13.1 Å². The number of hydrogen-bond donors (Lipinski definition) is 2. The number of para-hydroxylation sites is 2. The summed E-state index contributed by atoms with van der Waals surface area (Å²) >= 11 is 0. The maximum Gasteiger partial charge on any atom is 0.569 e. The molecule has 0 aliphatic heterocycles. The van der Waals surface area contributed by atoms with Crippen LogP contribution < -0.4 is 18.4 Å². The summed E-state index contributed by atoms with van der Waals surface area (Å²) in [5, 5.41) is 18.0. The lowest BCUT2D eigenvalue weighted by atomic mass is 10.2. The van der Waals surface area contributed by atoms with Crippen molar-refractivity contribution < 1.29 is 28.5 Å². The molecule has 5 rings (SSSR count). The van der Waals surface area contributed by atoms with Crippen LogP contribution in [0.4, 0.5) is 0 Å². The Morgan fingerprint density at radius 1 is 0.611 bits per heavy atom. The van der Waals surface area contributed by atoms with Crippen LogP contribution >= 0.6 is 0 Å².